The van der Waals surface area contributed by atoms with Gasteiger partial charge in [-0.2, -0.15) is 0 Å². The summed E-state index contributed by atoms with van der Waals surface area (Å²) < 4.78 is 0. The second kappa shape index (κ2) is 2.88. The maximum Gasteiger partial charge on any atom is 0.0149 e. The zero-order valence-corrected chi connectivity index (χ0v) is 7.10. The number of nitrogens with one attached hydrogen (secondary N) is 1. The molecule has 1 spiro atoms. The summed E-state index contributed by atoms with van der Waals surface area (Å²) in [5.74, 6) is 0. The van der Waals surface area contributed by atoms with Crippen LogP contribution in [0.15, 0.2) is 12.3 Å². The quantitative estimate of drug-likeness (QED) is 0.560. The highest BCUT2D eigenvalue weighted by Crippen LogP contribution is 2.41. The lowest BCUT2D eigenvalue weighted by atomic mass is 9.71. The molecule has 1 aliphatic carbocycles. The lowest BCUT2D eigenvalue weighted by molar-refractivity contribution is 0.230. The van der Waals surface area contributed by atoms with E-state index in [9.17, 15) is 0 Å². The van der Waals surface area contributed by atoms with Crippen LogP contribution in [0.3, 0.4) is 0 Å². The smallest absolute Gasteiger partial charge is 0.0149 e. The molecule has 1 fully saturated rings. The Morgan fingerprint density at radius 1 is 1.00 bits per heavy atom. The molecule has 1 saturated carbocycles. The van der Waals surface area contributed by atoms with Crippen LogP contribution in [0, 0.1) is 5.41 Å². The van der Waals surface area contributed by atoms with Gasteiger partial charge < -0.3 is 5.32 Å². The van der Waals surface area contributed by atoms with E-state index in [1.807, 2.05) is 0 Å². The molecule has 1 N–H and O–H groups in total. The Hall–Kier alpha value is -0.460. The summed E-state index contributed by atoms with van der Waals surface area (Å²) in [6.45, 7) is 1.19. The van der Waals surface area contributed by atoms with Gasteiger partial charge in [-0.1, -0.05) is 25.3 Å². The first-order valence-electron chi connectivity index (χ1n) is 4.82. The Kier molecular flexibility index (Phi) is 1.89. The molecule has 0 saturated heterocycles. The van der Waals surface area contributed by atoms with E-state index in [1.165, 1.54) is 45.1 Å². The number of rotatable bonds is 0. The number of allylic oxidation sites excluding steroid dienone is 1. The predicted octanol–water partition coefficient (Wildman–Crippen LogP) is 2.44. The molecule has 0 aromatic heterocycles. The topological polar surface area (TPSA) is 12.0 Å². The molecule has 1 heteroatoms. The van der Waals surface area contributed by atoms with Crippen molar-refractivity contribution >= 4 is 0 Å². The Morgan fingerprint density at radius 2 is 1.82 bits per heavy atom. The van der Waals surface area contributed by atoms with Crippen molar-refractivity contribution in [3.63, 3.8) is 0 Å². The molecule has 62 valence electrons. The van der Waals surface area contributed by atoms with Crippen LogP contribution in [0.4, 0.5) is 0 Å². The first-order valence-corrected chi connectivity index (χ1v) is 4.82. The first-order chi connectivity index (χ1) is 5.41. The lowest BCUT2D eigenvalue weighted by Gasteiger charge is -2.36. The van der Waals surface area contributed by atoms with Crippen LogP contribution in [0.25, 0.3) is 0 Å². The summed E-state index contributed by atoms with van der Waals surface area (Å²) in [7, 11) is 0. The zero-order chi connectivity index (χ0) is 7.57. The van der Waals surface area contributed by atoms with Crippen LogP contribution in [0.2, 0.25) is 0 Å². The maximum absolute atomic E-state index is 3.28. The van der Waals surface area contributed by atoms with Crippen molar-refractivity contribution in [2.45, 2.75) is 38.5 Å². The molecule has 0 amide bonds. The Balaban J connectivity index is 2.06. The molecule has 1 aliphatic heterocycles. The molecular weight excluding hydrogens is 134 g/mol. The van der Waals surface area contributed by atoms with E-state index < -0.39 is 0 Å². The fourth-order valence-electron chi connectivity index (χ4n) is 2.40. The largest absolute Gasteiger partial charge is 0.391 e. The van der Waals surface area contributed by atoms with E-state index in [2.05, 4.69) is 17.6 Å². The first kappa shape index (κ1) is 7.20. The van der Waals surface area contributed by atoms with E-state index in [1.54, 1.807) is 0 Å². The Labute approximate surface area is 68.9 Å². The van der Waals surface area contributed by atoms with E-state index in [0.29, 0.717) is 5.41 Å². The molecule has 1 nitrogen and oxygen atoms in total. The third-order valence-electron chi connectivity index (χ3n) is 3.17. The average Bonchev–Trinajstić information content (AvgIpc) is 2.07. The van der Waals surface area contributed by atoms with Gasteiger partial charge in [-0.15, -0.1) is 0 Å². The molecule has 2 rings (SSSR count). The fourth-order valence-corrected chi connectivity index (χ4v) is 2.40. The van der Waals surface area contributed by atoms with E-state index in [-0.39, 0.29) is 0 Å². The Morgan fingerprint density at radius 3 is 2.45 bits per heavy atom. The monoisotopic (exact) mass is 151 g/mol. The van der Waals surface area contributed by atoms with Crippen LogP contribution >= 0.6 is 0 Å². The summed E-state index contributed by atoms with van der Waals surface area (Å²) in [6.07, 6.45) is 13.2. The van der Waals surface area contributed by atoms with Crippen molar-refractivity contribution in [3.05, 3.63) is 12.3 Å². The lowest BCUT2D eigenvalue weighted by Crippen LogP contribution is -2.30. The van der Waals surface area contributed by atoms with Gasteiger partial charge in [0.05, 0.1) is 0 Å². The van der Waals surface area contributed by atoms with Crippen molar-refractivity contribution in [2.24, 2.45) is 5.41 Å². The molecular formula is C10H17N. The highest BCUT2D eigenvalue weighted by Gasteiger charge is 2.29. The van der Waals surface area contributed by atoms with Gasteiger partial charge in [-0.25, -0.2) is 0 Å². The second-order valence-corrected chi connectivity index (χ2v) is 3.96. The molecule has 0 bridgehead atoms. The fraction of sp³-hybridized carbons (Fsp3) is 0.800. The number of hydrogen-bond acceptors (Lipinski definition) is 1. The molecule has 0 radical (unpaired) electrons. The minimum Gasteiger partial charge on any atom is -0.391 e. The minimum atomic E-state index is 0.615. The second-order valence-electron chi connectivity index (χ2n) is 3.96. The van der Waals surface area contributed by atoms with Crippen LogP contribution in [-0.4, -0.2) is 6.54 Å². The van der Waals surface area contributed by atoms with Gasteiger partial charge in [-0.3, -0.25) is 0 Å². The summed E-state index contributed by atoms with van der Waals surface area (Å²) >= 11 is 0. The van der Waals surface area contributed by atoms with Crippen molar-refractivity contribution in [2.75, 3.05) is 6.54 Å². The van der Waals surface area contributed by atoms with Crippen LogP contribution in [0.1, 0.15) is 38.5 Å². The van der Waals surface area contributed by atoms with Crippen molar-refractivity contribution in [1.29, 1.82) is 0 Å². The normalized spacial score (nSPS) is 28.4. The molecule has 0 unspecified atom stereocenters. The third-order valence-corrected chi connectivity index (χ3v) is 3.17. The molecule has 11 heavy (non-hydrogen) atoms. The van der Waals surface area contributed by atoms with E-state index in [4.69, 9.17) is 0 Å². The van der Waals surface area contributed by atoms with Gasteiger partial charge in [-0.05, 0) is 30.9 Å². The summed E-state index contributed by atoms with van der Waals surface area (Å²) in [6, 6.07) is 0. The molecule has 0 aromatic carbocycles. The highest BCUT2D eigenvalue weighted by molar-refractivity contribution is 5.03. The van der Waals surface area contributed by atoms with Gasteiger partial charge >= 0.3 is 0 Å². The van der Waals surface area contributed by atoms with Gasteiger partial charge in [0.2, 0.25) is 0 Å². The molecule has 0 atom stereocenters. The SMILES string of the molecule is C1=CC2(CCCCC2)CCN1. The summed E-state index contributed by atoms with van der Waals surface area (Å²) in [4.78, 5) is 0. The Bertz CT molecular complexity index is 154. The van der Waals surface area contributed by atoms with Gasteiger partial charge in [0.25, 0.3) is 0 Å². The van der Waals surface area contributed by atoms with Crippen molar-refractivity contribution in [1.82, 2.24) is 5.32 Å². The standard InChI is InChI=1S/C10H17N/c1-2-4-10(5-3-1)6-8-11-9-7-10/h6,8,11H,1-5,7,9H2. The molecule has 2 aliphatic rings. The molecule has 1 heterocycles. The number of hydrogen-bond donors (Lipinski definition) is 1. The van der Waals surface area contributed by atoms with Crippen LogP contribution in [0.5, 0.6) is 0 Å². The third kappa shape index (κ3) is 1.42. The van der Waals surface area contributed by atoms with E-state index >= 15 is 0 Å². The van der Waals surface area contributed by atoms with Crippen LogP contribution < -0.4 is 5.32 Å². The van der Waals surface area contributed by atoms with Gasteiger partial charge in [0.15, 0.2) is 0 Å². The zero-order valence-electron chi connectivity index (χ0n) is 7.10. The van der Waals surface area contributed by atoms with E-state index in [0.717, 1.165) is 0 Å². The van der Waals surface area contributed by atoms with Gasteiger partial charge in [0.1, 0.15) is 0 Å². The molecule has 0 aromatic rings. The van der Waals surface area contributed by atoms with Crippen LogP contribution in [-0.2, 0) is 0 Å². The van der Waals surface area contributed by atoms with Crippen molar-refractivity contribution < 1.29 is 0 Å². The van der Waals surface area contributed by atoms with Crippen molar-refractivity contribution in [3.8, 4) is 0 Å². The predicted molar refractivity (Wildman–Crippen MR) is 47.3 cm³/mol. The summed E-state index contributed by atoms with van der Waals surface area (Å²) in [5, 5.41) is 3.28. The minimum absolute atomic E-state index is 0.615. The average molecular weight is 151 g/mol. The summed E-state index contributed by atoms with van der Waals surface area (Å²) in [5.41, 5.74) is 0.615. The van der Waals surface area contributed by atoms with Gasteiger partial charge in [0, 0.05) is 6.54 Å². The highest BCUT2D eigenvalue weighted by atomic mass is 14.8. The maximum atomic E-state index is 3.28.